The number of hydrogen-bond acceptors (Lipinski definition) is 4. The molecule has 116 valence electrons. The smallest absolute Gasteiger partial charge is 0.328 e. The van der Waals surface area contributed by atoms with Crippen LogP contribution in [0.3, 0.4) is 0 Å². The lowest BCUT2D eigenvalue weighted by Crippen LogP contribution is -2.42. The first-order chi connectivity index (χ1) is 9.88. The van der Waals surface area contributed by atoms with E-state index < -0.39 is 12.0 Å². The summed E-state index contributed by atoms with van der Waals surface area (Å²) < 4.78 is 4.77. The zero-order valence-corrected chi connectivity index (χ0v) is 14.0. The molecule has 0 radical (unpaired) electrons. The summed E-state index contributed by atoms with van der Waals surface area (Å²) in [5.74, 6) is -0.358. The molecule has 1 amide bonds. The molecule has 0 saturated carbocycles. The Balaban J connectivity index is 2.93. The van der Waals surface area contributed by atoms with E-state index in [0.717, 1.165) is 10.5 Å². The molecule has 0 unspecified atom stereocenters. The predicted molar refractivity (Wildman–Crippen MR) is 85.7 cm³/mol. The van der Waals surface area contributed by atoms with Gasteiger partial charge in [0.2, 0.25) is 0 Å². The standard InChI is InChI=1S/C16H23NO3S/c1-10(2)8-14(16(19)20-4)17-15(18)13-9-12(21-5)7-6-11(13)3/h6-7,9-10,14H,8H2,1-5H3,(H,17,18)/t14-/m1/s1. The largest absolute Gasteiger partial charge is 0.467 e. The van der Waals surface area contributed by atoms with E-state index in [1.807, 2.05) is 45.2 Å². The zero-order valence-electron chi connectivity index (χ0n) is 13.2. The number of esters is 1. The maximum Gasteiger partial charge on any atom is 0.328 e. The molecule has 0 aromatic heterocycles. The second kappa shape index (κ2) is 8.08. The Morgan fingerprint density at radius 3 is 2.52 bits per heavy atom. The van der Waals surface area contributed by atoms with Crippen molar-refractivity contribution in [3.63, 3.8) is 0 Å². The van der Waals surface area contributed by atoms with Crippen LogP contribution in [0.2, 0.25) is 0 Å². The third-order valence-electron chi connectivity index (χ3n) is 3.19. The van der Waals surface area contributed by atoms with Crippen LogP contribution in [0.15, 0.2) is 23.1 Å². The first-order valence-electron chi connectivity index (χ1n) is 6.92. The second-order valence-electron chi connectivity index (χ2n) is 5.36. The number of carbonyl (C=O) groups excluding carboxylic acids is 2. The monoisotopic (exact) mass is 309 g/mol. The van der Waals surface area contributed by atoms with Crippen LogP contribution < -0.4 is 5.32 Å². The molecule has 0 fully saturated rings. The summed E-state index contributed by atoms with van der Waals surface area (Å²) in [4.78, 5) is 25.2. The van der Waals surface area contributed by atoms with Gasteiger partial charge in [0.25, 0.3) is 5.91 Å². The van der Waals surface area contributed by atoms with E-state index in [1.54, 1.807) is 11.8 Å². The molecule has 0 aliphatic rings. The fraction of sp³-hybridized carbons (Fsp3) is 0.500. The number of hydrogen-bond donors (Lipinski definition) is 1. The molecular weight excluding hydrogens is 286 g/mol. The van der Waals surface area contributed by atoms with Gasteiger partial charge in [0, 0.05) is 10.5 Å². The molecule has 1 rings (SSSR count). The Morgan fingerprint density at radius 2 is 2.00 bits per heavy atom. The third-order valence-corrected chi connectivity index (χ3v) is 3.91. The number of ether oxygens (including phenoxy) is 1. The lowest BCUT2D eigenvalue weighted by atomic mass is 10.0. The normalized spacial score (nSPS) is 12.1. The lowest BCUT2D eigenvalue weighted by Gasteiger charge is -2.19. The molecule has 1 N–H and O–H groups in total. The van der Waals surface area contributed by atoms with Gasteiger partial charge in [0.1, 0.15) is 6.04 Å². The predicted octanol–water partition coefficient (Wildman–Crippen LogP) is 3.03. The highest BCUT2D eigenvalue weighted by Gasteiger charge is 2.23. The van der Waals surface area contributed by atoms with E-state index >= 15 is 0 Å². The van der Waals surface area contributed by atoms with Crippen molar-refractivity contribution in [2.75, 3.05) is 13.4 Å². The van der Waals surface area contributed by atoms with Crippen molar-refractivity contribution in [1.82, 2.24) is 5.32 Å². The molecule has 4 nitrogen and oxygen atoms in total. The number of carbonyl (C=O) groups is 2. The summed E-state index contributed by atoms with van der Waals surface area (Å²) >= 11 is 1.58. The average molecular weight is 309 g/mol. The molecule has 21 heavy (non-hydrogen) atoms. The summed E-state index contributed by atoms with van der Waals surface area (Å²) in [7, 11) is 1.33. The number of aryl methyl sites for hydroxylation is 1. The molecule has 1 aromatic rings. The third kappa shape index (κ3) is 5.08. The molecule has 0 spiro atoms. The first-order valence-corrected chi connectivity index (χ1v) is 8.14. The number of amides is 1. The highest BCUT2D eigenvalue weighted by atomic mass is 32.2. The minimum atomic E-state index is -0.611. The van der Waals surface area contributed by atoms with Crippen molar-refractivity contribution in [2.45, 2.75) is 38.1 Å². The van der Waals surface area contributed by atoms with Crippen LogP contribution in [0, 0.1) is 12.8 Å². The van der Waals surface area contributed by atoms with Gasteiger partial charge in [0.05, 0.1) is 7.11 Å². The molecule has 0 saturated heterocycles. The van der Waals surface area contributed by atoms with E-state index in [2.05, 4.69) is 5.32 Å². The quantitative estimate of drug-likeness (QED) is 0.648. The molecule has 0 heterocycles. The van der Waals surface area contributed by atoms with Crippen molar-refractivity contribution in [3.8, 4) is 0 Å². The van der Waals surface area contributed by atoms with Crippen molar-refractivity contribution >= 4 is 23.6 Å². The van der Waals surface area contributed by atoms with Gasteiger partial charge in [-0.2, -0.15) is 0 Å². The number of nitrogens with one attached hydrogen (secondary N) is 1. The topological polar surface area (TPSA) is 55.4 Å². The maximum absolute atomic E-state index is 12.4. The van der Waals surface area contributed by atoms with Crippen LogP contribution in [0.1, 0.15) is 36.2 Å². The van der Waals surface area contributed by atoms with E-state index in [1.165, 1.54) is 7.11 Å². The highest BCUT2D eigenvalue weighted by molar-refractivity contribution is 7.98. The Kier molecular flexibility index (Phi) is 6.75. The molecule has 1 aromatic carbocycles. The van der Waals surface area contributed by atoms with Crippen molar-refractivity contribution in [2.24, 2.45) is 5.92 Å². The molecule has 1 atom stereocenters. The Labute approximate surface area is 130 Å². The van der Waals surface area contributed by atoms with E-state index in [9.17, 15) is 9.59 Å². The number of rotatable bonds is 6. The van der Waals surface area contributed by atoms with Gasteiger partial charge in [-0.1, -0.05) is 19.9 Å². The fourth-order valence-electron chi connectivity index (χ4n) is 2.04. The fourth-order valence-corrected chi connectivity index (χ4v) is 2.48. The van der Waals surface area contributed by atoms with Crippen LogP contribution in [-0.2, 0) is 9.53 Å². The number of methoxy groups -OCH3 is 1. The summed E-state index contributed by atoms with van der Waals surface area (Å²) in [6.07, 6.45) is 2.52. The van der Waals surface area contributed by atoms with Crippen LogP contribution in [0.25, 0.3) is 0 Å². The molecule has 0 bridgehead atoms. The van der Waals surface area contributed by atoms with Crippen molar-refractivity contribution in [1.29, 1.82) is 0 Å². The van der Waals surface area contributed by atoms with E-state index in [0.29, 0.717) is 12.0 Å². The van der Waals surface area contributed by atoms with Gasteiger partial charge >= 0.3 is 5.97 Å². The minimum Gasteiger partial charge on any atom is -0.467 e. The van der Waals surface area contributed by atoms with Gasteiger partial charge in [0.15, 0.2) is 0 Å². The summed E-state index contributed by atoms with van der Waals surface area (Å²) in [6, 6.07) is 5.12. The van der Waals surface area contributed by atoms with Crippen LogP contribution in [0.4, 0.5) is 0 Å². The van der Waals surface area contributed by atoms with Gasteiger partial charge in [-0.25, -0.2) is 4.79 Å². The van der Waals surface area contributed by atoms with Gasteiger partial charge in [-0.3, -0.25) is 4.79 Å². The molecule has 5 heteroatoms. The SMILES string of the molecule is COC(=O)[C@@H](CC(C)C)NC(=O)c1cc(SC)ccc1C. The maximum atomic E-state index is 12.4. The molecule has 0 aliphatic heterocycles. The van der Waals surface area contributed by atoms with Crippen molar-refractivity contribution < 1.29 is 14.3 Å². The molecule has 0 aliphatic carbocycles. The Hall–Kier alpha value is -1.49. The first kappa shape index (κ1) is 17.6. The van der Waals surface area contributed by atoms with Crippen molar-refractivity contribution in [3.05, 3.63) is 29.3 Å². The molecular formula is C16H23NO3S. The van der Waals surface area contributed by atoms with Crippen LogP contribution >= 0.6 is 11.8 Å². The second-order valence-corrected chi connectivity index (χ2v) is 6.24. The zero-order chi connectivity index (χ0) is 16.0. The van der Waals surface area contributed by atoms with Gasteiger partial charge < -0.3 is 10.1 Å². The summed E-state index contributed by atoms with van der Waals surface area (Å²) in [5.41, 5.74) is 1.48. The van der Waals surface area contributed by atoms with E-state index in [4.69, 9.17) is 4.74 Å². The summed E-state index contributed by atoms with van der Waals surface area (Å²) in [6.45, 7) is 5.89. The van der Waals surface area contributed by atoms with Crippen LogP contribution in [0.5, 0.6) is 0 Å². The summed E-state index contributed by atoms with van der Waals surface area (Å²) in [5, 5.41) is 2.78. The lowest BCUT2D eigenvalue weighted by molar-refractivity contribution is -0.143. The van der Waals surface area contributed by atoms with Gasteiger partial charge in [-0.15, -0.1) is 11.8 Å². The minimum absolute atomic E-state index is 0.237. The highest BCUT2D eigenvalue weighted by Crippen LogP contribution is 2.19. The number of thioether (sulfide) groups is 1. The van der Waals surface area contributed by atoms with E-state index in [-0.39, 0.29) is 11.8 Å². The number of benzene rings is 1. The average Bonchev–Trinajstić information content (AvgIpc) is 2.45. The van der Waals surface area contributed by atoms with Gasteiger partial charge in [-0.05, 0) is 43.2 Å². The Morgan fingerprint density at radius 1 is 1.33 bits per heavy atom. The van der Waals surface area contributed by atoms with Crippen LogP contribution in [-0.4, -0.2) is 31.3 Å². The Bertz CT molecular complexity index is 514.